The number of azo groups is 1. The Hall–Kier alpha value is -7.26. The summed E-state index contributed by atoms with van der Waals surface area (Å²) < 4.78 is 6.94. The Kier molecular flexibility index (Phi) is 16.9. The number of ether oxygens (including phenoxy) is 1. The minimum atomic E-state index is -0.448. The van der Waals surface area contributed by atoms with E-state index in [0.717, 1.165) is 28.9 Å². The lowest BCUT2D eigenvalue weighted by atomic mass is 10.1. The second kappa shape index (κ2) is 23.8. The fourth-order valence-corrected chi connectivity index (χ4v) is 8.10. The molecule has 2 amide bonds. The van der Waals surface area contributed by atoms with Crippen LogP contribution in [0, 0.1) is 11.8 Å². The number of benzene rings is 3. The molecule has 4 heterocycles. The Bertz CT molecular complexity index is 2890. The van der Waals surface area contributed by atoms with Gasteiger partial charge in [0.05, 0.1) is 31.1 Å². The van der Waals surface area contributed by atoms with Gasteiger partial charge < -0.3 is 32.2 Å². The summed E-state index contributed by atoms with van der Waals surface area (Å²) >= 11 is 4.12. The van der Waals surface area contributed by atoms with Crippen molar-refractivity contribution >= 4 is 74.4 Å². The van der Waals surface area contributed by atoms with Crippen LogP contribution in [0.5, 0.6) is 0 Å². The average Bonchev–Trinajstić information content (AvgIpc) is 4.13. The molecule has 7 rings (SSSR count). The van der Waals surface area contributed by atoms with Gasteiger partial charge in [-0.15, -0.1) is 32.9 Å². The lowest BCUT2D eigenvalue weighted by Crippen LogP contribution is -2.32. The lowest BCUT2D eigenvalue weighted by Gasteiger charge is -2.21. The number of rotatable bonds is 21. The van der Waals surface area contributed by atoms with E-state index in [1.54, 1.807) is 48.0 Å². The predicted octanol–water partition coefficient (Wildman–Crippen LogP) is 5.87. The predicted molar refractivity (Wildman–Crippen MR) is 264 cm³/mol. The Balaban J connectivity index is 0.829. The van der Waals surface area contributed by atoms with Crippen LogP contribution in [0.25, 0.3) is 27.6 Å². The van der Waals surface area contributed by atoms with E-state index in [9.17, 15) is 14.4 Å². The maximum atomic E-state index is 13.6. The molecule has 0 fully saturated rings. The van der Waals surface area contributed by atoms with Gasteiger partial charge in [0.2, 0.25) is 10.3 Å². The number of nitrogens with one attached hydrogen (secondary N) is 4. The number of hydrogen-bond donors (Lipinski definition) is 7. The molecule has 0 aliphatic carbocycles. The molecular weight excluding hydrogens is 911 g/mol. The van der Waals surface area contributed by atoms with Crippen molar-refractivity contribution in [2.24, 2.45) is 21.8 Å². The third-order valence-electron chi connectivity index (χ3n) is 9.45. The van der Waals surface area contributed by atoms with Crippen molar-refractivity contribution in [3.63, 3.8) is 0 Å². The standard InChI is InChI=1S/C45H47N15O4S3/c1-2-25-65-44-54-39(50-19-18-46)36(47)40(55-44)59(48)27-30-10-8-29(9-11-30)12-17-35(61)49-20-23-64-24-21-51-41(62)33-15-13-31(14-16-33)34-28-67-45(53-34)60-42(63)38(56-57-43-52-22-26-66-43)37(58-60)32-6-4-3-5-7-32/h3-11,13-16,22,26,28,58H,2,18-21,23-25,27,46-48H2,1H3,(H,49,61)(H,51,62)(H,50,54,55). The summed E-state index contributed by atoms with van der Waals surface area (Å²) in [5.74, 6) is 12.9. The number of thioether (sulfide) groups is 1. The van der Waals surface area contributed by atoms with E-state index in [1.807, 2.05) is 47.8 Å². The van der Waals surface area contributed by atoms with Gasteiger partial charge in [-0.2, -0.15) is 4.68 Å². The summed E-state index contributed by atoms with van der Waals surface area (Å²) in [7, 11) is 0. The van der Waals surface area contributed by atoms with Gasteiger partial charge >= 0.3 is 5.56 Å². The summed E-state index contributed by atoms with van der Waals surface area (Å²) in [5, 5.41) is 26.8. The minimum Gasteiger partial charge on any atom is -0.393 e. The molecule has 0 radical (unpaired) electrons. The number of aromatic amines is 1. The van der Waals surface area contributed by atoms with Crippen molar-refractivity contribution in [1.82, 2.24) is 40.3 Å². The lowest BCUT2D eigenvalue weighted by molar-refractivity contribution is -0.115. The van der Waals surface area contributed by atoms with E-state index in [-0.39, 0.29) is 37.9 Å². The number of H-pyrrole nitrogens is 1. The third-order valence-corrected chi connectivity index (χ3v) is 12.0. The Labute approximate surface area is 397 Å². The van der Waals surface area contributed by atoms with Gasteiger partial charge in [0, 0.05) is 77.1 Å². The van der Waals surface area contributed by atoms with Crippen LogP contribution in [0.3, 0.4) is 0 Å². The maximum absolute atomic E-state index is 13.6. The van der Waals surface area contributed by atoms with Crippen LogP contribution in [0.1, 0.15) is 34.8 Å². The Morgan fingerprint density at radius 1 is 0.940 bits per heavy atom. The fourth-order valence-electron chi connectivity index (χ4n) is 6.17. The van der Waals surface area contributed by atoms with Crippen LogP contribution < -0.4 is 43.8 Å². The van der Waals surface area contributed by atoms with E-state index in [2.05, 4.69) is 65.0 Å². The summed E-state index contributed by atoms with van der Waals surface area (Å²) in [6.07, 6.45) is 2.58. The van der Waals surface area contributed by atoms with Crippen LogP contribution in [-0.4, -0.2) is 86.7 Å². The van der Waals surface area contributed by atoms with Gasteiger partial charge in [-0.25, -0.2) is 25.8 Å². The molecule has 0 unspecified atom stereocenters. The topological polar surface area (TPSA) is 275 Å². The first-order valence-electron chi connectivity index (χ1n) is 21.0. The molecule has 0 aliphatic rings. The van der Waals surface area contributed by atoms with Crippen LogP contribution >= 0.6 is 34.4 Å². The Morgan fingerprint density at radius 2 is 1.72 bits per heavy atom. The van der Waals surface area contributed by atoms with Gasteiger partial charge in [0.1, 0.15) is 5.69 Å². The molecular formula is C45H47N15O4S3. The molecule has 0 aliphatic heterocycles. The van der Waals surface area contributed by atoms with Crippen molar-refractivity contribution < 1.29 is 14.3 Å². The van der Waals surface area contributed by atoms with Crippen LogP contribution in [-0.2, 0) is 16.1 Å². The number of anilines is 3. The number of nitrogens with two attached hydrogens (primary N) is 3. The number of hydrogen-bond acceptors (Lipinski definition) is 18. The number of carbonyl (C=O) groups excluding carboxylic acids is 2. The molecule has 4 aromatic heterocycles. The number of carbonyl (C=O) groups is 2. The van der Waals surface area contributed by atoms with Crippen molar-refractivity contribution in [2.75, 3.05) is 61.2 Å². The van der Waals surface area contributed by atoms with E-state index >= 15 is 0 Å². The highest BCUT2D eigenvalue weighted by atomic mass is 32.2. The van der Waals surface area contributed by atoms with E-state index in [1.165, 1.54) is 44.1 Å². The van der Waals surface area contributed by atoms with Crippen molar-refractivity contribution in [1.29, 1.82) is 0 Å². The summed E-state index contributed by atoms with van der Waals surface area (Å²) in [6, 6.07) is 23.7. The molecule has 0 atom stereocenters. The van der Waals surface area contributed by atoms with E-state index < -0.39 is 11.5 Å². The first-order valence-corrected chi connectivity index (χ1v) is 23.7. The molecule has 19 nitrogen and oxygen atoms in total. The average molecular weight is 958 g/mol. The molecule has 0 bridgehead atoms. The zero-order valence-corrected chi connectivity index (χ0v) is 38.7. The zero-order chi connectivity index (χ0) is 47.0. The number of aromatic nitrogens is 6. The molecule has 0 spiro atoms. The van der Waals surface area contributed by atoms with E-state index in [4.69, 9.17) is 27.0 Å². The number of nitrogens with zero attached hydrogens (tertiary/aromatic N) is 8. The third kappa shape index (κ3) is 13.0. The highest BCUT2D eigenvalue weighted by molar-refractivity contribution is 7.99. The van der Waals surface area contributed by atoms with Crippen molar-refractivity contribution in [2.45, 2.75) is 25.0 Å². The molecule has 0 saturated heterocycles. The Morgan fingerprint density at radius 3 is 2.45 bits per heavy atom. The first-order chi connectivity index (χ1) is 32.7. The zero-order valence-electron chi connectivity index (χ0n) is 36.3. The summed E-state index contributed by atoms with van der Waals surface area (Å²) in [6.45, 7) is 4.31. The number of thiazole rings is 2. The molecule has 3 aromatic carbocycles. The monoisotopic (exact) mass is 957 g/mol. The fraction of sp³-hybridized carbons (Fsp3) is 0.222. The molecule has 0 saturated carbocycles. The van der Waals surface area contributed by atoms with Gasteiger partial charge in [-0.1, -0.05) is 79.2 Å². The SMILES string of the molecule is CCCSc1nc(NCCN)c(N)c(N(N)Cc2ccc(C#CC(=O)NCCOCCNC(=O)c3ccc(-c4csc(-n5[nH]c(-c6ccccc6)c(N=Nc6nccs6)c5=O)n4)cc3)cc2)n1. The molecule has 344 valence electrons. The number of nitrogen functional groups attached to an aromatic ring is 1. The van der Waals surface area contributed by atoms with Gasteiger partial charge in [-0.05, 0) is 36.2 Å². The smallest absolute Gasteiger partial charge is 0.301 e. The maximum Gasteiger partial charge on any atom is 0.301 e. The second-order valence-corrected chi connectivity index (χ2v) is 17.1. The van der Waals surface area contributed by atoms with Gasteiger partial charge in [0.25, 0.3) is 11.8 Å². The number of hydrazine groups is 1. The normalized spacial score (nSPS) is 11.0. The highest BCUT2D eigenvalue weighted by Gasteiger charge is 2.20. The van der Waals surface area contributed by atoms with Crippen LogP contribution in [0.15, 0.2) is 116 Å². The van der Waals surface area contributed by atoms with Gasteiger partial charge in [0.15, 0.2) is 22.5 Å². The summed E-state index contributed by atoms with van der Waals surface area (Å²) in [4.78, 5) is 56.7. The highest BCUT2D eigenvalue weighted by Crippen LogP contribution is 2.32. The molecule has 22 heteroatoms. The van der Waals surface area contributed by atoms with Gasteiger partial charge in [-0.3, -0.25) is 24.5 Å². The minimum absolute atomic E-state index is 0.137. The van der Waals surface area contributed by atoms with E-state index in [0.29, 0.717) is 74.9 Å². The largest absolute Gasteiger partial charge is 0.393 e. The second-order valence-electron chi connectivity index (χ2n) is 14.3. The summed E-state index contributed by atoms with van der Waals surface area (Å²) in [5.41, 5.74) is 16.8. The van der Waals surface area contributed by atoms with Crippen molar-refractivity contribution in [3.8, 4) is 39.5 Å². The quantitative estimate of drug-likeness (QED) is 0.00845. The van der Waals surface area contributed by atoms with Crippen molar-refractivity contribution in [3.05, 3.63) is 123 Å². The van der Waals surface area contributed by atoms with Crippen LogP contribution in [0.2, 0.25) is 0 Å². The molecule has 10 N–H and O–H groups in total. The van der Waals surface area contributed by atoms with Crippen LogP contribution in [0.4, 0.5) is 28.1 Å². The molecule has 7 aromatic rings. The first kappa shape index (κ1) is 47.7. The molecule has 67 heavy (non-hydrogen) atoms. The number of amides is 2.